The topological polar surface area (TPSA) is 181 Å². The number of aromatic hydroxyl groups is 1. The van der Waals surface area contributed by atoms with Crippen LogP contribution < -0.4 is 11.5 Å². The predicted octanol–water partition coefficient (Wildman–Crippen LogP) is 3.44. The number of phenols is 1. The first kappa shape index (κ1) is 26.3. The number of aryl methyl sites for hydroxylation is 2. The summed E-state index contributed by atoms with van der Waals surface area (Å²) in [6.07, 6.45) is 8.82. The first-order valence-electron chi connectivity index (χ1n) is 13.1. The van der Waals surface area contributed by atoms with Crippen LogP contribution in [0.2, 0.25) is 0 Å². The van der Waals surface area contributed by atoms with Gasteiger partial charge in [0.2, 0.25) is 5.91 Å². The molecule has 42 heavy (non-hydrogen) atoms. The summed E-state index contributed by atoms with van der Waals surface area (Å²) in [7, 11) is 0. The average molecular weight is 560 g/mol. The summed E-state index contributed by atoms with van der Waals surface area (Å²) in [4.78, 5) is 36.4. The number of phenolic OH excluding ortho intramolecular Hbond substituents is 1. The summed E-state index contributed by atoms with van der Waals surface area (Å²) in [6, 6.07) is 18.0. The van der Waals surface area contributed by atoms with E-state index in [0.29, 0.717) is 23.7 Å². The highest BCUT2D eigenvalue weighted by atomic mass is 16.3. The molecule has 1 aliphatic carbocycles. The Kier molecular flexibility index (Phi) is 6.85. The van der Waals surface area contributed by atoms with E-state index in [9.17, 15) is 9.59 Å². The Hall–Kier alpha value is -5.91. The molecule has 5 N–H and O–H groups in total. The standard InChI is InChI=1S/C22H18N8.C8H7NO3/c23-20-17(5-2-10-24-20)21-27-18-8-9-19(30-25-11-12-26-30)28-22(18)29(21)16-7-6-14-3-1-4-15(14)13-16;9-8(12)5-1-2-7(11)6(3-5)4-10/h2,5-13H,1,3-4H2,(H2,23,24);1-4,11H,(H2,9,12). The van der Waals surface area contributed by atoms with Crippen molar-refractivity contribution < 1.29 is 14.7 Å². The summed E-state index contributed by atoms with van der Waals surface area (Å²) in [5, 5.41) is 17.4. The number of nitrogens with zero attached hydrogens (tertiary/aromatic N) is 7. The smallest absolute Gasteiger partial charge is 0.248 e. The van der Waals surface area contributed by atoms with Crippen LogP contribution in [0.25, 0.3) is 34.1 Å². The number of anilines is 1. The van der Waals surface area contributed by atoms with Crippen LogP contribution in [0, 0.1) is 0 Å². The maximum Gasteiger partial charge on any atom is 0.248 e. The van der Waals surface area contributed by atoms with Gasteiger partial charge in [0.15, 0.2) is 23.6 Å². The molecule has 0 saturated carbocycles. The van der Waals surface area contributed by atoms with E-state index in [-0.39, 0.29) is 16.9 Å². The second-order valence-corrected chi connectivity index (χ2v) is 9.60. The summed E-state index contributed by atoms with van der Waals surface area (Å²) in [5.74, 6) is 0.990. The molecule has 7 rings (SSSR count). The average Bonchev–Trinajstić information content (AvgIpc) is 3.77. The Balaban J connectivity index is 0.000000223. The third kappa shape index (κ3) is 4.92. The summed E-state index contributed by atoms with van der Waals surface area (Å²) in [6.45, 7) is 0. The number of rotatable bonds is 5. The van der Waals surface area contributed by atoms with Crippen LogP contribution in [-0.2, 0) is 12.8 Å². The van der Waals surface area contributed by atoms with Crippen molar-refractivity contribution in [2.24, 2.45) is 5.73 Å². The number of amides is 1. The molecule has 6 aromatic rings. The Morgan fingerprint density at radius 2 is 1.74 bits per heavy atom. The number of imidazole rings is 1. The molecule has 208 valence electrons. The summed E-state index contributed by atoms with van der Waals surface area (Å²) < 4.78 is 2.05. The number of aldehydes is 1. The lowest BCUT2D eigenvalue weighted by molar-refractivity contribution is 0.1000. The van der Waals surface area contributed by atoms with Crippen molar-refractivity contribution in [1.29, 1.82) is 0 Å². The number of benzene rings is 2. The number of pyridine rings is 2. The largest absolute Gasteiger partial charge is 0.507 e. The van der Waals surface area contributed by atoms with Gasteiger partial charge in [-0.05, 0) is 85.0 Å². The number of nitrogens with two attached hydrogens (primary N) is 2. The molecule has 2 aromatic carbocycles. The third-order valence-electron chi connectivity index (χ3n) is 6.97. The SMILES string of the molecule is NC(=O)c1ccc(O)c(C=O)c1.Nc1ncccc1-c1nc2ccc(-n3nccn3)nc2n1-c1ccc2c(c1)CCC2. The lowest BCUT2D eigenvalue weighted by Gasteiger charge is -2.12. The molecular weight excluding hydrogens is 534 g/mol. The van der Waals surface area contributed by atoms with Crippen LogP contribution in [0.4, 0.5) is 5.82 Å². The van der Waals surface area contributed by atoms with Crippen molar-refractivity contribution in [3.05, 3.63) is 102 Å². The van der Waals surface area contributed by atoms with Crippen LogP contribution in [0.5, 0.6) is 5.75 Å². The first-order valence-corrected chi connectivity index (χ1v) is 13.1. The van der Waals surface area contributed by atoms with Crippen LogP contribution in [0.1, 0.15) is 38.3 Å². The number of fused-ring (bicyclic) bond motifs is 2. The van der Waals surface area contributed by atoms with E-state index in [0.717, 1.165) is 35.3 Å². The Morgan fingerprint density at radius 3 is 2.50 bits per heavy atom. The number of hydrogen-bond donors (Lipinski definition) is 3. The van der Waals surface area contributed by atoms with Crippen LogP contribution >= 0.6 is 0 Å². The number of aromatic nitrogens is 7. The second kappa shape index (κ2) is 10.9. The lowest BCUT2D eigenvalue weighted by Crippen LogP contribution is -2.10. The van der Waals surface area contributed by atoms with Gasteiger partial charge in [-0.2, -0.15) is 10.2 Å². The van der Waals surface area contributed by atoms with Gasteiger partial charge in [0.05, 0.1) is 23.5 Å². The van der Waals surface area contributed by atoms with Crippen LogP contribution in [0.3, 0.4) is 0 Å². The van der Waals surface area contributed by atoms with E-state index in [4.69, 9.17) is 26.5 Å². The van der Waals surface area contributed by atoms with Crippen molar-refractivity contribution in [2.75, 3.05) is 5.73 Å². The zero-order chi connectivity index (χ0) is 29.2. The molecule has 0 saturated heterocycles. The van der Waals surface area contributed by atoms with Gasteiger partial charge in [-0.25, -0.2) is 15.0 Å². The fourth-order valence-electron chi connectivity index (χ4n) is 4.92. The summed E-state index contributed by atoms with van der Waals surface area (Å²) in [5.41, 5.74) is 17.5. The van der Waals surface area contributed by atoms with Gasteiger partial charge in [-0.1, -0.05) is 6.07 Å². The van der Waals surface area contributed by atoms with Crippen molar-refractivity contribution in [3.8, 4) is 28.6 Å². The molecule has 0 fully saturated rings. The van der Waals surface area contributed by atoms with Crippen LogP contribution in [-0.4, -0.2) is 51.8 Å². The van der Waals surface area contributed by atoms with Gasteiger partial charge in [-0.3, -0.25) is 14.2 Å². The van der Waals surface area contributed by atoms with Crippen molar-refractivity contribution in [1.82, 2.24) is 34.5 Å². The van der Waals surface area contributed by atoms with Crippen molar-refractivity contribution >= 4 is 29.2 Å². The lowest BCUT2D eigenvalue weighted by atomic mass is 10.1. The fourth-order valence-corrected chi connectivity index (χ4v) is 4.92. The maximum absolute atomic E-state index is 10.6. The molecule has 12 heteroatoms. The highest BCUT2D eigenvalue weighted by molar-refractivity contribution is 5.95. The third-order valence-corrected chi connectivity index (χ3v) is 6.97. The molecule has 0 radical (unpaired) electrons. The molecular formula is C30H25N9O3. The normalized spacial score (nSPS) is 12.0. The minimum Gasteiger partial charge on any atom is -0.507 e. The number of carbonyl (C=O) groups excluding carboxylic acids is 2. The monoisotopic (exact) mass is 559 g/mol. The van der Waals surface area contributed by atoms with E-state index in [2.05, 4.69) is 33.4 Å². The number of carbonyl (C=O) groups is 2. The maximum atomic E-state index is 10.6. The van der Waals surface area contributed by atoms with Crippen LogP contribution in [0.15, 0.2) is 79.3 Å². The number of primary amides is 1. The molecule has 0 unspecified atom stereocenters. The summed E-state index contributed by atoms with van der Waals surface area (Å²) >= 11 is 0. The Labute approximate surface area is 239 Å². The molecule has 12 nitrogen and oxygen atoms in total. The van der Waals surface area contributed by atoms with Gasteiger partial charge in [-0.15, -0.1) is 4.80 Å². The van der Waals surface area contributed by atoms with Gasteiger partial charge in [0.1, 0.15) is 17.1 Å². The minimum absolute atomic E-state index is 0.0614. The van der Waals surface area contributed by atoms with E-state index in [1.54, 1.807) is 18.6 Å². The molecule has 4 aromatic heterocycles. The highest BCUT2D eigenvalue weighted by Crippen LogP contribution is 2.32. The van der Waals surface area contributed by atoms with Crippen molar-refractivity contribution in [3.63, 3.8) is 0 Å². The predicted molar refractivity (Wildman–Crippen MR) is 155 cm³/mol. The zero-order valence-electron chi connectivity index (χ0n) is 22.3. The van der Waals surface area contributed by atoms with Gasteiger partial charge in [0, 0.05) is 17.4 Å². The molecule has 0 spiro atoms. The van der Waals surface area contributed by atoms with E-state index in [1.165, 1.54) is 40.5 Å². The minimum atomic E-state index is -0.627. The Morgan fingerprint density at radius 1 is 0.929 bits per heavy atom. The molecule has 1 aliphatic rings. The number of hydrogen-bond acceptors (Lipinski definition) is 9. The van der Waals surface area contributed by atoms with E-state index < -0.39 is 5.91 Å². The highest BCUT2D eigenvalue weighted by Gasteiger charge is 2.20. The fraction of sp³-hybridized carbons (Fsp3) is 0.100. The van der Waals surface area contributed by atoms with E-state index >= 15 is 0 Å². The van der Waals surface area contributed by atoms with Crippen molar-refractivity contribution in [2.45, 2.75) is 19.3 Å². The quantitative estimate of drug-likeness (QED) is 0.267. The van der Waals surface area contributed by atoms with E-state index in [1.807, 2.05) is 28.8 Å². The second-order valence-electron chi connectivity index (χ2n) is 9.60. The molecule has 0 aliphatic heterocycles. The number of nitrogen functional groups attached to an aromatic ring is 1. The molecule has 0 atom stereocenters. The first-order chi connectivity index (χ1) is 20.4. The molecule has 0 bridgehead atoms. The molecule has 4 heterocycles. The molecule has 1 amide bonds. The van der Waals surface area contributed by atoms with Gasteiger partial charge >= 0.3 is 0 Å². The zero-order valence-corrected chi connectivity index (χ0v) is 22.3. The van der Waals surface area contributed by atoms with Gasteiger partial charge in [0.25, 0.3) is 0 Å². The van der Waals surface area contributed by atoms with Gasteiger partial charge < -0.3 is 16.6 Å². The Bertz CT molecular complexity index is 1950.